The molecule has 0 aliphatic carbocycles. The van der Waals surface area contributed by atoms with Gasteiger partial charge in [-0.2, -0.15) is 0 Å². The summed E-state index contributed by atoms with van der Waals surface area (Å²) in [6, 6.07) is 4.09. The van der Waals surface area contributed by atoms with Gasteiger partial charge in [0.15, 0.2) is 9.84 Å². The number of carbonyl (C=O) groups is 1. The largest absolute Gasteiger partial charge is 0.352 e. The standard InChI is InChI=1S/C14H15ClN2O3S2/c1-9-17-10(8-21-9)5-6-16-14(18)12-7-11(22(2,19)20)3-4-13(12)15/h3-4,7-8H,5-6H2,1-2H3,(H,16,18). The van der Waals surface area contributed by atoms with Crippen molar-refractivity contribution in [3.05, 3.63) is 44.9 Å². The van der Waals surface area contributed by atoms with Gasteiger partial charge in [0.25, 0.3) is 5.91 Å². The molecule has 22 heavy (non-hydrogen) atoms. The Hall–Kier alpha value is -1.44. The molecule has 0 spiro atoms. The second-order valence-corrected chi connectivity index (χ2v) is 8.26. The summed E-state index contributed by atoms with van der Waals surface area (Å²) in [5, 5.41) is 5.86. The summed E-state index contributed by atoms with van der Waals surface area (Å²) >= 11 is 7.53. The Bertz CT molecular complexity index is 800. The number of sulfone groups is 1. The molecule has 0 fully saturated rings. The summed E-state index contributed by atoms with van der Waals surface area (Å²) in [5.41, 5.74) is 1.07. The van der Waals surface area contributed by atoms with Gasteiger partial charge in [-0.3, -0.25) is 4.79 Å². The lowest BCUT2D eigenvalue weighted by molar-refractivity contribution is 0.0954. The van der Waals surface area contributed by atoms with Crippen molar-refractivity contribution in [1.82, 2.24) is 10.3 Å². The molecule has 8 heteroatoms. The Morgan fingerprint density at radius 2 is 2.14 bits per heavy atom. The molecule has 1 aromatic heterocycles. The Morgan fingerprint density at radius 1 is 1.41 bits per heavy atom. The number of halogens is 1. The molecule has 5 nitrogen and oxygen atoms in total. The number of aryl methyl sites for hydroxylation is 1. The van der Waals surface area contributed by atoms with Gasteiger partial charge < -0.3 is 5.32 Å². The third-order valence-corrected chi connectivity index (χ3v) is 5.21. The minimum atomic E-state index is -3.38. The van der Waals surface area contributed by atoms with E-state index >= 15 is 0 Å². The van der Waals surface area contributed by atoms with Crippen molar-refractivity contribution in [2.75, 3.05) is 12.8 Å². The Kier molecular flexibility index (Phi) is 5.20. The second-order valence-electron chi connectivity index (χ2n) is 4.78. The van der Waals surface area contributed by atoms with Gasteiger partial charge >= 0.3 is 0 Å². The lowest BCUT2D eigenvalue weighted by Crippen LogP contribution is -2.26. The zero-order valence-electron chi connectivity index (χ0n) is 12.1. The normalized spacial score (nSPS) is 11.4. The number of carbonyl (C=O) groups excluding carboxylic acids is 1. The maximum Gasteiger partial charge on any atom is 0.252 e. The molecule has 1 aromatic carbocycles. The highest BCUT2D eigenvalue weighted by Crippen LogP contribution is 2.20. The number of rotatable bonds is 5. The SMILES string of the molecule is Cc1nc(CCNC(=O)c2cc(S(C)(=O)=O)ccc2Cl)cs1. The molecule has 0 saturated heterocycles. The highest BCUT2D eigenvalue weighted by molar-refractivity contribution is 7.90. The first-order chi connectivity index (χ1) is 10.3. The van der Waals surface area contributed by atoms with E-state index in [2.05, 4.69) is 10.3 Å². The molecule has 0 aliphatic heterocycles. The highest BCUT2D eigenvalue weighted by atomic mass is 35.5. The van der Waals surface area contributed by atoms with E-state index in [1.807, 2.05) is 12.3 Å². The lowest BCUT2D eigenvalue weighted by atomic mass is 10.2. The smallest absolute Gasteiger partial charge is 0.252 e. The Labute approximate surface area is 138 Å². The maximum atomic E-state index is 12.1. The van der Waals surface area contributed by atoms with E-state index in [0.717, 1.165) is 17.0 Å². The molecular weight excluding hydrogens is 344 g/mol. The second kappa shape index (κ2) is 6.76. The van der Waals surface area contributed by atoms with Crippen LogP contribution in [0.3, 0.4) is 0 Å². The first-order valence-electron chi connectivity index (χ1n) is 6.46. The van der Waals surface area contributed by atoms with Crippen LogP contribution in [0.1, 0.15) is 21.1 Å². The van der Waals surface area contributed by atoms with Crippen molar-refractivity contribution in [3.63, 3.8) is 0 Å². The summed E-state index contributed by atoms with van der Waals surface area (Å²) in [7, 11) is -3.38. The monoisotopic (exact) mass is 358 g/mol. The molecule has 0 bridgehead atoms. The summed E-state index contributed by atoms with van der Waals surface area (Å²) in [5.74, 6) is -0.401. The quantitative estimate of drug-likeness (QED) is 0.890. The van der Waals surface area contributed by atoms with E-state index in [4.69, 9.17) is 11.6 Å². The molecule has 0 atom stereocenters. The van der Waals surface area contributed by atoms with Crippen LogP contribution in [0.4, 0.5) is 0 Å². The van der Waals surface area contributed by atoms with Crippen molar-refractivity contribution in [2.45, 2.75) is 18.2 Å². The van der Waals surface area contributed by atoms with E-state index in [1.165, 1.54) is 18.2 Å². The van der Waals surface area contributed by atoms with Crippen molar-refractivity contribution in [2.24, 2.45) is 0 Å². The van der Waals surface area contributed by atoms with E-state index in [1.54, 1.807) is 11.3 Å². The van der Waals surface area contributed by atoms with Crippen LogP contribution in [0.5, 0.6) is 0 Å². The number of nitrogens with zero attached hydrogens (tertiary/aromatic N) is 1. The molecule has 0 radical (unpaired) electrons. The zero-order valence-corrected chi connectivity index (χ0v) is 14.5. The van der Waals surface area contributed by atoms with Crippen molar-refractivity contribution < 1.29 is 13.2 Å². The molecule has 0 aliphatic rings. The van der Waals surface area contributed by atoms with Gasteiger partial charge in [0.05, 0.1) is 26.2 Å². The van der Waals surface area contributed by atoms with Crippen LogP contribution in [0.15, 0.2) is 28.5 Å². The van der Waals surface area contributed by atoms with Crippen molar-refractivity contribution >= 4 is 38.7 Å². The fraction of sp³-hybridized carbons (Fsp3) is 0.286. The molecule has 1 N–H and O–H groups in total. The lowest BCUT2D eigenvalue weighted by Gasteiger charge is -2.07. The topological polar surface area (TPSA) is 76.1 Å². The summed E-state index contributed by atoms with van der Waals surface area (Å²) in [6.45, 7) is 2.32. The van der Waals surface area contributed by atoms with Gasteiger partial charge in [0, 0.05) is 24.6 Å². The summed E-state index contributed by atoms with van der Waals surface area (Å²) in [4.78, 5) is 16.5. The van der Waals surface area contributed by atoms with Crippen LogP contribution in [-0.4, -0.2) is 32.1 Å². The number of thiazole rings is 1. The first kappa shape index (κ1) is 16.9. The van der Waals surface area contributed by atoms with Crippen LogP contribution in [0.25, 0.3) is 0 Å². The molecular formula is C14H15ClN2O3S2. The minimum Gasteiger partial charge on any atom is -0.352 e. The van der Waals surface area contributed by atoms with E-state index in [9.17, 15) is 13.2 Å². The van der Waals surface area contributed by atoms with Gasteiger partial charge in [-0.1, -0.05) is 11.6 Å². The molecule has 118 valence electrons. The van der Waals surface area contributed by atoms with Crippen LogP contribution >= 0.6 is 22.9 Å². The number of benzene rings is 1. The molecule has 1 heterocycles. The summed E-state index contributed by atoms with van der Waals surface area (Å²) in [6.07, 6.45) is 1.70. The van der Waals surface area contributed by atoms with Crippen molar-refractivity contribution in [1.29, 1.82) is 0 Å². The van der Waals surface area contributed by atoms with E-state index in [0.29, 0.717) is 13.0 Å². The number of hydrogen-bond acceptors (Lipinski definition) is 5. The number of amides is 1. The summed E-state index contributed by atoms with van der Waals surface area (Å²) < 4.78 is 23.1. The van der Waals surface area contributed by atoms with E-state index < -0.39 is 15.7 Å². The number of nitrogens with one attached hydrogen (secondary N) is 1. The van der Waals surface area contributed by atoms with Crippen LogP contribution in [-0.2, 0) is 16.3 Å². The predicted octanol–water partition coefficient (Wildman–Crippen LogP) is 2.48. The molecule has 0 unspecified atom stereocenters. The van der Waals surface area contributed by atoms with Gasteiger partial charge in [-0.05, 0) is 25.1 Å². The molecule has 0 saturated carbocycles. The van der Waals surface area contributed by atoms with Gasteiger partial charge in [-0.15, -0.1) is 11.3 Å². The Balaban J connectivity index is 2.06. The van der Waals surface area contributed by atoms with E-state index in [-0.39, 0.29) is 15.5 Å². The van der Waals surface area contributed by atoms with Gasteiger partial charge in [0.2, 0.25) is 0 Å². The Morgan fingerprint density at radius 3 is 2.73 bits per heavy atom. The highest BCUT2D eigenvalue weighted by Gasteiger charge is 2.15. The third-order valence-electron chi connectivity index (χ3n) is 2.94. The fourth-order valence-corrected chi connectivity index (χ4v) is 3.33. The first-order valence-corrected chi connectivity index (χ1v) is 9.61. The molecule has 2 rings (SSSR count). The molecule has 2 aromatic rings. The average molecular weight is 359 g/mol. The van der Waals surface area contributed by atoms with Gasteiger partial charge in [-0.25, -0.2) is 13.4 Å². The van der Waals surface area contributed by atoms with Gasteiger partial charge in [0.1, 0.15) is 0 Å². The van der Waals surface area contributed by atoms with Crippen LogP contribution in [0.2, 0.25) is 5.02 Å². The average Bonchev–Trinajstić information content (AvgIpc) is 2.83. The van der Waals surface area contributed by atoms with Crippen LogP contribution in [0, 0.1) is 6.92 Å². The predicted molar refractivity (Wildman–Crippen MR) is 87.5 cm³/mol. The number of aromatic nitrogens is 1. The fourth-order valence-electron chi connectivity index (χ4n) is 1.83. The zero-order chi connectivity index (χ0) is 16.3. The van der Waals surface area contributed by atoms with Crippen LogP contribution < -0.4 is 5.32 Å². The minimum absolute atomic E-state index is 0.0668. The maximum absolute atomic E-state index is 12.1. The number of hydrogen-bond donors (Lipinski definition) is 1. The molecule has 1 amide bonds. The third kappa shape index (κ3) is 4.28. The van der Waals surface area contributed by atoms with Crippen molar-refractivity contribution in [3.8, 4) is 0 Å².